The van der Waals surface area contributed by atoms with E-state index in [1.165, 1.54) is 0 Å². The number of aromatic hydroxyl groups is 1. The summed E-state index contributed by atoms with van der Waals surface area (Å²) in [6.07, 6.45) is 1.08. The van der Waals surface area contributed by atoms with Crippen LogP contribution in [0.5, 0.6) is 11.5 Å². The predicted molar refractivity (Wildman–Crippen MR) is 74.1 cm³/mol. The van der Waals surface area contributed by atoms with Gasteiger partial charge in [0.25, 0.3) is 0 Å². The lowest BCUT2D eigenvalue weighted by molar-refractivity contribution is 0.358. The highest BCUT2D eigenvalue weighted by Crippen LogP contribution is 2.29. The van der Waals surface area contributed by atoms with Gasteiger partial charge in [0.2, 0.25) is 0 Å². The zero-order valence-electron chi connectivity index (χ0n) is 11.7. The van der Waals surface area contributed by atoms with Crippen molar-refractivity contribution in [3.05, 3.63) is 23.8 Å². The van der Waals surface area contributed by atoms with E-state index in [9.17, 15) is 5.11 Å². The van der Waals surface area contributed by atoms with Gasteiger partial charge in [-0.1, -0.05) is 12.1 Å². The average Bonchev–Trinajstić information content (AvgIpc) is 2.35. The number of methoxy groups -OCH3 is 1. The molecule has 4 heteroatoms. The number of hydrogen-bond donors (Lipinski definition) is 2. The van der Waals surface area contributed by atoms with Gasteiger partial charge in [-0.05, 0) is 40.1 Å². The van der Waals surface area contributed by atoms with Gasteiger partial charge in [-0.3, -0.25) is 0 Å². The Bertz CT molecular complexity index is 367. The summed E-state index contributed by atoms with van der Waals surface area (Å²) < 4.78 is 5.09. The molecule has 0 aliphatic rings. The van der Waals surface area contributed by atoms with Gasteiger partial charge in [-0.15, -0.1) is 0 Å². The molecule has 0 fully saturated rings. The fraction of sp³-hybridized carbons (Fsp3) is 0.571. The van der Waals surface area contributed by atoms with Crippen LogP contribution in [0.15, 0.2) is 18.2 Å². The van der Waals surface area contributed by atoms with Crippen LogP contribution in [0.4, 0.5) is 0 Å². The number of rotatable bonds is 7. The van der Waals surface area contributed by atoms with Crippen LogP contribution in [0.3, 0.4) is 0 Å². The lowest BCUT2D eigenvalue weighted by Gasteiger charge is -2.17. The zero-order chi connectivity index (χ0) is 13.5. The molecule has 2 N–H and O–H groups in total. The molecule has 0 saturated carbocycles. The molecule has 1 aromatic rings. The van der Waals surface area contributed by atoms with Crippen LogP contribution in [-0.4, -0.2) is 43.8 Å². The predicted octanol–water partition coefficient (Wildman–Crippen LogP) is 1.83. The number of para-hydroxylation sites is 1. The lowest BCUT2D eigenvalue weighted by atomic mass is 10.1. The third-order valence-electron chi connectivity index (χ3n) is 2.95. The Balaban J connectivity index is 2.48. The van der Waals surface area contributed by atoms with Crippen molar-refractivity contribution in [3.63, 3.8) is 0 Å². The van der Waals surface area contributed by atoms with Gasteiger partial charge in [0.15, 0.2) is 11.5 Å². The van der Waals surface area contributed by atoms with Gasteiger partial charge in [-0.2, -0.15) is 0 Å². The summed E-state index contributed by atoms with van der Waals surface area (Å²) in [5, 5.41) is 13.4. The summed E-state index contributed by atoms with van der Waals surface area (Å²) in [5.41, 5.74) is 0.867. The third-order valence-corrected chi connectivity index (χ3v) is 2.95. The maximum absolute atomic E-state index is 9.95. The highest BCUT2D eigenvalue weighted by Gasteiger charge is 2.08. The normalized spacial score (nSPS) is 12.7. The molecule has 0 aliphatic carbocycles. The smallest absolute Gasteiger partial charge is 0.162 e. The largest absolute Gasteiger partial charge is 0.504 e. The SMILES string of the molecule is COc1cccc(CNC(C)CCN(C)C)c1O. The van der Waals surface area contributed by atoms with Crippen molar-refractivity contribution in [1.29, 1.82) is 0 Å². The number of nitrogens with zero attached hydrogens (tertiary/aromatic N) is 1. The molecule has 1 rings (SSSR count). The summed E-state index contributed by atoms with van der Waals surface area (Å²) in [7, 11) is 5.70. The zero-order valence-corrected chi connectivity index (χ0v) is 11.7. The van der Waals surface area contributed by atoms with E-state index in [1.54, 1.807) is 13.2 Å². The van der Waals surface area contributed by atoms with Crippen LogP contribution in [0, 0.1) is 0 Å². The van der Waals surface area contributed by atoms with Crippen molar-refractivity contribution in [2.75, 3.05) is 27.7 Å². The first-order chi connectivity index (χ1) is 8.54. The topological polar surface area (TPSA) is 44.7 Å². The van der Waals surface area contributed by atoms with Crippen LogP contribution in [0.1, 0.15) is 18.9 Å². The van der Waals surface area contributed by atoms with Crippen molar-refractivity contribution < 1.29 is 9.84 Å². The fourth-order valence-electron chi connectivity index (χ4n) is 1.71. The van der Waals surface area contributed by atoms with Gasteiger partial charge in [0, 0.05) is 18.2 Å². The minimum Gasteiger partial charge on any atom is -0.504 e. The number of ether oxygens (including phenoxy) is 1. The Morgan fingerprint density at radius 1 is 1.39 bits per heavy atom. The summed E-state index contributed by atoms with van der Waals surface area (Å²) in [6.45, 7) is 3.86. The van der Waals surface area contributed by atoms with Gasteiger partial charge in [-0.25, -0.2) is 0 Å². The molecule has 1 atom stereocenters. The molecule has 0 saturated heterocycles. The van der Waals surface area contributed by atoms with Gasteiger partial charge in [0.1, 0.15) is 0 Å². The van der Waals surface area contributed by atoms with E-state index in [1.807, 2.05) is 12.1 Å². The number of benzene rings is 1. The van der Waals surface area contributed by atoms with Gasteiger partial charge in [0.05, 0.1) is 7.11 Å². The first-order valence-corrected chi connectivity index (χ1v) is 6.27. The Hall–Kier alpha value is -1.26. The molecule has 0 spiro atoms. The summed E-state index contributed by atoms with van der Waals surface area (Å²) in [5.74, 6) is 0.752. The van der Waals surface area contributed by atoms with Crippen molar-refractivity contribution in [3.8, 4) is 11.5 Å². The van der Waals surface area contributed by atoms with Crippen molar-refractivity contribution in [2.24, 2.45) is 0 Å². The Labute approximate surface area is 110 Å². The van der Waals surface area contributed by atoms with Crippen molar-refractivity contribution in [1.82, 2.24) is 10.2 Å². The van der Waals surface area contributed by atoms with E-state index in [0.29, 0.717) is 18.3 Å². The monoisotopic (exact) mass is 252 g/mol. The fourth-order valence-corrected chi connectivity index (χ4v) is 1.71. The lowest BCUT2D eigenvalue weighted by Crippen LogP contribution is -2.29. The van der Waals surface area contributed by atoms with Crippen LogP contribution < -0.4 is 10.1 Å². The van der Waals surface area contributed by atoms with Crippen LogP contribution in [-0.2, 0) is 6.54 Å². The van der Waals surface area contributed by atoms with Crippen molar-refractivity contribution >= 4 is 0 Å². The first-order valence-electron chi connectivity index (χ1n) is 6.27. The average molecular weight is 252 g/mol. The van der Waals surface area contributed by atoms with Gasteiger partial charge < -0.3 is 20.1 Å². The van der Waals surface area contributed by atoms with Gasteiger partial charge >= 0.3 is 0 Å². The molecule has 0 aliphatic heterocycles. The number of hydrogen-bond acceptors (Lipinski definition) is 4. The van der Waals surface area contributed by atoms with E-state index < -0.39 is 0 Å². The number of nitrogens with one attached hydrogen (secondary N) is 1. The van der Waals surface area contributed by atoms with Crippen molar-refractivity contribution in [2.45, 2.75) is 25.9 Å². The molecule has 0 amide bonds. The van der Waals surface area contributed by atoms with Crippen LogP contribution in [0.2, 0.25) is 0 Å². The Kier molecular flexibility index (Phi) is 5.95. The molecule has 1 aromatic carbocycles. The Morgan fingerprint density at radius 3 is 2.72 bits per heavy atom. The quantitative estimate of drug-likeness (QED) is 0.777. The summed E-state index contributed by atoms with van der Waals surface area (Å²) in [6, 6.07) is 5.97. The highest BCUT2D eigenvalue weighted by atomic mass is 16.5. The van der Waals surface area contributed by atoms with E-state index in [2.05, 4.69) is 31.2 Å². The molecule has 1 unspecified atom stereocenters. The molecule has 102 valence electrons. The maximum atomic E-state index is 9.95. The van der Waals surface area contributed by atoms with Crippen LogP contribution in [0.25, 0.3) is 0 Å². The Morgan fingerprint density at radius 2 is 2.11 bits per heavy atom. The van der Waals surface area contributed by atoms with E-state index in [0.717, 1.165) is 18.5 Å². The minimum absolute atomic E-state index is 0.229. The molecule has 0 aromatic heterocycles. The van der Waals surface area contributed by atoms with E-state index >= 15 is 0 Å². The molecule has 0 bridgehead atoms. The number of phenols is 1. The maximum Gasteiger partial charge on any atom is 0.162 e. The molecular formula is C14H24N2O2. The van der Waals surface area contributed by atoms with Crippen LogP contribution >= 0.6 is 0 Å². The standard InChI is InChI=1S/C14H24N2O2/c1-11(8-9-16(2)3)15-10-12-6-5-7-13(18-4)14(12)17/h5-7,11,15,17H,8-10H2,1-4H3. The molecule has 0 radical (unpaired) electrons. The van der Waals surface area contributed by atoms with E-state index in [4.69, 9.17) is 4.74 Å². The minimum atomic E-state index is 0.229. The molecular weight excluding hydrogens is 228 g/mol. The highest BCUT2D eigenvalue weighted by molar-refractivity contribution is 5.45. The molecule has 18 heavy (non-hydrogen) atoms. The second-order valence-corrected chi connectivity index (χ2v) is 4.84. The summed E-state index contributed by atoms with van der Waals surface area (Å²) in [4.78, 5) is 2.17. The third kappa shape index (κ3) is 4.55. The first kappa shape index (κ1) is 14.8. The second kappa shape index (κ2) is 7.24. The number of phenolic OH excluding ortho intramolecular Hbond substituents is 1. The molecule has 4 nitrogen and oxygen atoms in total. The summed E-state index contributed by atoms with van der Waals surface area (Å²) >= 11 is 0. The van der Waals surface area contributed by atoms with E-state index in [-0.39, 0.29) is 5.75 Å². The molecule has 0 heterocycles. The second-order valence-electron chi connectivity index (χ2n) is 4.84.